The SMILES string of the molecule is CN(C)C(=O)CN=C(NCc1cccs1)NC1CCOC2(CCCC2)C1.I. The Labute approximate surface area is 183 Å². The highest BCUT2D eigenvalue weighted by molar-refractivity contribution is 14.0. The summed E-state index contributed by atoms with van der Waals surface area (Å²) in [4.78, 5) is 19.3. The fourth-order valence-electron chi connectivity index (χ4n) is 3.74. The van der Waals surface area contributed by atoms with Gasteiger partial charge in [-0.3, -0.25) is 4.79 Å². The molecule has 8 heteroatoms. The van der Waals surface area contributed by atoms with Crippen LogP contribution in [0.1, 0.15) is 43.4 Å². The fourth-order valence-corrected chi connectivity index (χ4v) is 4.38. The van der Waals surface area contributed by atoms with Gasteiger partial charge in [0, 0.05) is 31.6 Å². The number of amides is 1. The predicted octanol–water partition coefficient (Wildman–Crippen LogP) is 2.98. The largest absolute Gasteiger partial charge is 0.375 e. The summed E-state index contributed by atoms with van der Waals surface area (Å²) in [6, 6.07) is 4.48. The number of nitrogens with zero attached hydrogens (tertiary/aromatic N) is 2. The second-order valence-corrected chi connectivity index (χ2v) is 8.49. The van der Waals surface area contributed by atoms with Crippen LogP contribution in [0.2, 0.25) is 0 Å². The van der Waals surface area contributed by atoms with E-state index in [1.165, 1.54) is 30.6 Å². The molecule has 1 aliphatic heterocycles. The molecule has 1 saturated carbocycles. The lowest BCUT2D eigenvalue weighted by Gasteiger charge is -2.39. The zero-order valence-electron chi connectivity index (χ0n) is 16.2. The van der Waals surface area contributed by atoms with Crippen molar-refractivity contribution in [3.63, 3.8) is 0 Å². The van der Waals surface area contributed by atoms with Gasteiger partial charge in [0.05, 0.1) is 12.1 Å². The Kier molecular flexibility index (Phi) is 8.81. The van der Waals surface area contributed by atoms with Crippen LogP contribution in [-0.2, 0) is 16.1 Å². The van der Waals surface area contributed by atoms with Crippen LogP contribution in [0.4, 0.5) is 0 Å². The molecule has 3 rings (SSSR count). The quantitative estimate of drug-likeness (QED) is 0.366. The summed E-state index contributed by atoms with van der Waals surface area (Å²) >= 11 is 1.72. The number of ether oxygens (including phenoxy) is 1. The molecular weight excluding hydrogens is 475 g/mol. The summed E-state index contributed by atoms with van der Waals surface area (Å²) in [5.41, 5.74) is 0.0637. The molecule has 2 aliphatic rings. The minimum absolute atomic E-state index is 0. The molecular formula is C19H31IN4O2S. The minimum atomic E-state index is 0. The van der Waals surface area contributed by atoms with E-state index in [9.17, 15) is 4.79 Å². The molecule has 6 nitrogen and oxygen atoms in total. The lowest BCUT2D eigenvalue weighted by Crippen LogP contribution is -2.50. The third kappa shape index (κ3) is 6.60. The van der Waals surface area contributed by atoms with Gasteiger partial charge in [0.2, 0.25) is 5.91 Å². The topological polar surface area (TPSA) is 66.0 Å². The summed E-state index contributed by atoms with van der Waals surface area (Å²) in [5.74, 6) is 0.718. The first-order valence-electron chi connectivity index (χ1n) is 9.48. The minimum Gasteiger partial charge on any atom is -0.375 e. The number of hydrogen-bond acceptors (Lipinski definition) is 4. The van der Waals surface area contributed by atoms with Crippen molar-refractivity contribution in [3.05, 3.63) is 22.4 Å². The van der Waals surface area contributed by atoms with Crippen LogP contribution in [0.5, 0.6) is 0 Å². The summed E-state index contributed by atoms with van der Waals surface area (Å²) in [6.45, 7) is 1.67. The molecule has 2 N–H and O–H groups in total. The molecule has 0 aromatic carbocycles. The number of carbonyl (C=O) groups is 1. The predicted molar refractivity (Wildman–Crippen MR) is 121 cm³/mol. The van der Waals surface area contributed by atoms with Crippen molar-refractivity contribution < 1.29 is 9.53 Å². The van der Waals surface area contributed by atoms with Gasteiger partial charge in [0.15, 0.2) is 5.96 Å². The maximum absolute atomic E-state index is 11.9. The van der Waals surface area contributed by atoms with Gasteiger partial charge in [-0.25, -0.2) is 4.99 Å². The molecule has 1 aliphatic carbocycles. The van der Waals surface area contributed by atoms with E-state index in [4.69, 9.17) is 4.74 Å². The third-order valence-electron chi connectivity index (χ3n) is 5.23. The second-order valence-electron chi connectivity index (χ2n) is 7.46. The van der Waals surface area contributed by atoms with Crippen LogP contribution < -0.4 is 10.6 Å². The Morgan fingerprint density at radius 2 is 2.19 bits per heavy atom. The van der Waals surface area contributed by atoms with Gasteiger partial charge in [-0.1, -0.05) is 18.9 Å². The number of rotatable bonds is 5. The Morgan fingerprint density at radius 3 is 2.85 bits per heavy atom. The maximum Gasteiger partial charge on any atom is 0.243 e. The van der Waals surface area contributed by atoms with Crippen molar-refractivity contribution in [2.45, 2.75) is 56.7 Å². The van der Waals surface area contributed by atoms with Crippen LogP contribution in [0.3, 0.4) is 0 Å². The van der Waals surface area contributed by atoms with Gasteiger partial charge >= 0.3 is 0 Å². The number of aliphatic imine (C=N–C) groups is 1. The number of hydrogen-bond donors (Lipinski definition) is 2. The summed E-state index contributed by atoms with van der Waals surface area (Å²) in [5, 5.41) is 9.01. The monoisotopic (exact) mass is 506 g/mol. The first-order valence-corrected chi connectivity index (χ1v) is 10.4. The Balaban J connectivity index is 0.00000261. The highest BCUT2D eigenvalue weighted by Gasteiger charge is 2.40. The van der Waals surface area contributed by atoms with Crippen LogP contribution in [0, 0.1) is 0 Å². The summed E-state index contributed by atoms with van der Waals surface area (Å²) < 4.78 is 6.13. The molecule has 1 aromatic rings. The normalized spacial score (nSPS) is 21.6. The smallest absolute Gasteiger partial charge is 0.243 e. The highest BCUT2D eigenvalue weighted by atomic mass is 127. The lowest BCUT2D eigenvalue weighted by molar-refractivity contribution is -0.127. The number of thiophene rings is 1. The van der Waals surface area contributed by atoms with Crippen molar-refractivity contribution in [1.82, 2.24) is 15.5 Å². The van der Waals surface area contributed by atoms with E-state index < -0.39 is 0 Å². The molecule has 2 heterocycles. The average molecular weight is 506 g/mol. The van der Waals surface area contributed by atoms with Gasteiger partial charge in [-0.15, -0.1) is 35.3 Å². The molecule has 1 amide bonds. The molecule has 0 bridgehead atoms. The van der Waals surface area contributed by atoms with E-state index in [-0.39, 0.29) is 42.0 Å². The first kappa shape index (κ1) is 22.4. The fraction of sp³-hybridized carbons (Fsp3) is 0.684. The van der Waals surface area contributed by atoms with Crippen molar-refractivity contribution in [2.24, 2.45) is 4.99 Å². The lowest BCUT2D eigenvalue weighted by atomic mass is 9.89. The molecule has 1 unspecified atom stereocenters. The number of nitrogens with one attached hydrogen (secondary N) is 2. The number of guanidine groups is 1. The van der Waals surface area contributed by atoms with Gasteiger partial charge in [-0.2, -0.15) is 0 Å². The maximum atomic E-state index is 11.9. The third-order valence-corrected chi connectivity index (χ3v) is 6.11. The van der Waals surface area contributed by atoms with Crippen LogP contribution >= 0.6 is 35.3 Å². The van der Waals surface area contributed by atoms with E-state index in [1.807, 2.05) is 6.07 Å². The van der Waals surface area contributed by atoms with E-state index in [1.54, 1.807) is 30.3 Å². The van der Waals surface area contributed by atoms with Gasteiger partial charge in [0.1, 0.15) is 6.54 Å². The first-order chi connectivity index (χ1) is 12.6. The molecule has 2 fully saturated rings. The van der Waals surface area contributed by atoms with Crippen LogP contribution in [0.25, 0.3) is 0 Å². The van der Waals surface area contributed by atoms with E-state index in [0.29, 0.717) is 18.5 Å². The zero-order valence-corrected chi connectivity index (χ0v) is 19.3. The molecule has 0 radical (unpaired) electrons. The van der Waals surface area contributed by atoms with Crippen molar-refractivity contribution >= 4 is 47.2 Å². The Morgan fingerprint density at radius 1 is 1.41 bits per heavy atom. The molecule has 1 aromatic heterocycles. The van der Waals surface area contributed by atoms with Crippen molar-refractivity contribution in [1.29, 1.82) is 0 Å². The van der Waals surface area contributed by atoms with E-state index >= 15 is 0 Å². The van der Waals surface area contributed by atoms with Crippen molar-refractivity contribution in [3.8, 4) is 0 Å². The van der Waals surface area contributed by atoms with E-state index in [0.717, 1.165) is 19.4 Å². The number of likely N-dealkylation sites (N-methyl/N-ethyl adjacent to an activating group) is 1. The highest BCUT2D eigenvalue weighted by Crippen LogP contribution is 2.39. The number of carbonyl (C=O) groups excluding carboxylic acids is 1. The van der Waals surface area contributed by atoms with Gasteiger partial charge in [0.25, 0.3) is 0 Å². The molecule has 1 saturated heterocycles. The molecule has 27 heavy (non-hydrogen) atoms. The summed E-state index contributed by atoms with van der Waals surface area (Å²) in [7, 11) is 3.51. The van der Waals surface area contributed by atoms with Crippen LogP contribution in [-0.4, -0.2) is 55.7 Å². The Bertz CT molecular complexity index is 615. The second kappa shape index (κ2) is 10.6. The van der Waals surface area contributed by atoms with E-state index in [2.05, 4.69) is 27.1 Å². The zero-order chi connectivity index (χ0) is 18.4. The molecule has 152 valence electrons. The van der Waals surface area contributed by atoms with Gasteiger partial charge < -0.3 is 20.3 Å². The Hall–Kier alpha value is -0.870. The summed E-state index contributed by atoms with van der Waals surface area (Å²) in [6.07, 6.45) is 6.86. The van der Waals surface area contributed by atoms with Gasteiger partial charge in [-0.05, 0) is 37.1 Å². The average Bonchev–Trinajstić information content (AvgIpc) is 3.29. The molecule has 1 atom stereocenters. The standard InChI is InChI=1S/C19H30N4O2S.HI/c1-23(2)17(24)14-21-18(20-13-16-6-5-11-26-16)22-15-7-10-25-19(12-15)8-3-4-9-19;/h5-6,11,15H,3-4,7-10,12-14H2,1-2H3,(H2,20,21,22);1H. The molecule has 1 spiro atoms. The van der Waals surface area contributed by atoms with Crippen LogP contribution in [0.15, 0.2) is 22.5 Å². The number of halogens is 1. The van der Waals surface area contributed by atoms with Crippen molar-refractivity contribution in [2.75, 3.05) is 27.2 Å².